The maximum Gasteiger partial charge on any atom is 0.418 e. The van der Waals surface area contributed by atoms with Crippen LogP contribution >= 0.6 is 0 Å². The Bertz CT molecular complexity index is 419. The van der Waals surface area contributed by atoms with Gasteiger partial charge in [-0.05, 0) is 37.8 Å². The number of alkyl halides is 3. The summed E-state index contributed by atoms with van der Waals surface area (Å²) >= 11 is 0. The summed E-state index contributed by atoms with van der Waals surface area (Å²) in [5, 5.41) is 3.02. The predicted octanol–water partition coefficient (Wildman–Crippen LogP) is 4.07. The zero-order valence-electron chi connectivity index (χ0n) is 10.8. The summed E-state index contributed by atoms with van der Waals surface area (Å²) in [6.07, 6.45) is -0.586. The third kappa shape index (κ3) is 3.62. The van der Waals surface area contributed by atoms with Crippen LogP contribution in [0.5, 0.6) is 0 Å². The zero-order chi connectivity index (χ0) is 13.9. The topological polar surface area (TPSA) is 21.3 Å². The summed E-state index contributed by atoms with van der Waals surface area (Å²) in [6.45, 7) is 0. The van der Waals surface area contributed by atoms with Crippen LogP contribution in [0.1, 0.15) is 31.2 Å². The molecule has 2 atom stereocenters. The Morgan fingerprint density at radius 3 is 2.63 bits per heavy atom. The van der Waals surface area contributed by atoms with E-state index in [9.17, 15) is 13.2 Å². The van der Waals surface area contributed by atoms with E-state index >= 15 is 0 Å². The van der Waals surface area contributed by atoms with Crippen LogP contribution in [-0.2, 0) is 10.9 Å². The third-order valence-corrected chi connectivity index (χ3v) is 3.55. The average molecular weight is 273 g/mol. The fourth-order valence-electron chi connectivity index (χ4n) is 2.57. The number of nitrogens with one attached hydrogen (secondary N) is 1. The zero-order valence-corrected chi connectivity index (χ0v) is 10.8. The molecule has 1 aromatic rings. The summed E-state index contributed by atoms with van der Waals surface area (Å²) < 4.78 is 43.9. The number of ether oxygens (including phenoxy) is 1. The predicted molar refractivity (Wildman–Crippen MR) is 68.1 cm³/mol. The molecule has 1 saturated carbocycles. The van der Waals surface area contributed by atoms with E-state index in [-0.39, 0.29) is 17.8 Å². The van der Waals surface area contributed by atoms with E-state index in [0.29, 0.717) is 0 Å². The molecule has 1 aliphatic rings. The lowest BCUT2D eigenvalue weighted by Gasteiger charge is -2.30. The van der Waals surface area contributed by atoms with Crippen molar-refractivity contribution in [3.63, 3.8) is 0 Å². The minimum Gasteiger partial charge on any atom is -0.382 e. The molecule has 2 rings (SSSR count). The Labute approximate surface area is 111 Å². The number of hydrogen-bond acceptors (Lipinski definition) is 2. The van der Waals surface area contributed by atoms with Gasteiger partial charge in [0, 0.05) is 18.8 Å². The Kier molecular flexibility index (Phi) is 4.34. The highest BCUT2D eigenvalue weighted by atomic mass is 19.4. The molecule has 0 aromatic heterocycles. The van der Waals surface area contributed by atoms with Gasteiger partial charge in [-0.2, -0.15) is 13.2 Å². The molecule has 1 aliphatic carbocycles. The summed E-state index contributed by atoms with van der Waals surface area (Å²) in [5.74, 6) is 0. The van der Waals surface area contributed by atoms with Gasteiger partial charge in [-0.3, -0.25) is 0 Å². The minimum absolute atomic E-state index is 0.0437. The number of methoxy groups -OCH3 is 1. The lowest BCUT2D eigenvalue weighted by Crippen LogP contribution is -2.31. The first-order valence-corrected chi connectivity index (χ1v) is 6.46. The highest BCUT2D eigenvalue weighted by Gasteiger charge is 2.34. The number of halogens is 3. The Balaban J connectivity index is 2.11. The molecule has 0 amide bonds. The van der Waals surface area contributed by atoms with Gasteiger partial charge in [0.2, 0.25) is 0 Å². The monoisotopic (exact) mass is 273 g/mol. The highest BCUT2D eigenvalue weighted by molar-refractivity contribution is 5.53. The Hall–Kier alpha value is -1.23. The van der Waals surface area contributed by atoms with Crippen LogP contribution in [0.2, 0.25) is 0 Å². The van der Waals surface area contributed by atoms with Crippen LogP contribution in [-0.4, -0.2) is 19.3 Å². The molecule has 0 spiro atoms. The molecule has 0 radical (unpaired) electrons. The van der Waals surface area contributed by atoms with E-state index in [1.54, 1.807) is 13.2 Å². The average Bonchev–Trinajstić information content (AvgIpc) is 2.38. The fourth-order valence-corrected chi connectivity index (χ4v) is 2.57. The lowest BCUT2D eigenvalue weighted by atomic mass is 9.92. The van der Waals surface area contributed by atoms with Gasteiger partial charge < -0.3 is 10.1 Å². The molecule has 19 heavy (non-hydrogen) atoms. The van der Waals surface area contributed by atoms with Gasteiger partial charge in [-0.15, -0.1) is 0 Å². The molecule has 106 valence electrons. The molecule has 0 aliphatic heterocycles. The van der Waals surface area contributed by atoms with Crippen LogP contribution in [0.4, 0.5) is 18.9 Å². The molecule has 1 fully saturated rings. The molecule has 0 bridgehead atoms. The quantitative estimate of drug-likeness (QED) is 0.896. The van der Waals surface area contributed by atoms with E-state index in [2.05, 4.69) is 5.32 Å². The number of hydrogen-bond donors (Lipinski definition) is 1. The van der Waals surface area contributed by atoms with Crippen LogP contribution in [0.3, 0.4) is 0 Å². The molecule has 0 saturated heterocycles. The maximum absolute atomic E-state index is 12.9. The van der Waals surface area contributed by atoms with Crippen LogP contribution in [0.15, 0.2) is 24.3 Å². The molecule has 1 N–H and O–H groups in total. The molecule has 2 nitrogen and oxygen atoms in total. The lowest BCUT2D eigenvalue weighted by molar-refractivity contribution is -0.137. The largest absolute Gasteiger partial charge is 0.418 e. The van der Waals surface area contributed by atoms with Crippen molar-refractivity contribution < 1.29 is 17.9 Å². The van der Waals surface area contributed by atoms with Gasteiger partial charge in [-0.1, -0.05) is 12.1 Å². The van der Waals surface area contributed by atoms with Gasteiger partial charge in [0.25, 0.3) is 0 Å². The maximum atomic E-state index is 12.9. The smallest absolute Gasteiger partial charge is 0.382 e. The Morgan fingerprint density at radius 1 is 1.21 bits per heavy atom. The Morgan fingerprint density at radius 2 is 1.95 bits per heavy atom. The first-order valence-electron chi connectivity index (χ1n) is 6.46. The molecule has 2 unspecified atom stereocenters. The van der Waals surface area contributed by atoms with Crippen molar-refractivity contribution in [2.75, 3.05) is 12.4 Å². The van der Waals surface area contributed by atoms with E-state index in [1.165, 1.54) is 12.1 Å². The molecular weight excluding hydrogens is 255 g/mol. The standard InChI is InChI=1S/C14H18F3NO/c1-19-11-6-4-5-10(9-11)18-13-8-3-2-7-12(13)14(15,16)17/h2-3,7-8,10-11,18H,4-6,9H2,1H3. The van der Waals surface area contributed by atoms with Crippen molar-refractivity contribution in [1.29, 1.82) is 0 Å². The summed E-state index contributed by atoms with van der Waals surface area (Å²) in [5.41, 5.74) is -0.439. The second-order valence-electron chi connectivity index (χ2n) is 4.91. The van der Waals surface area contributed by atoms with Crippen molar-refractivity contribution in [3.05, 3.63) is 29.8 Å². The van der Waals surface area contributed by atoms with Crippen molar-refractivity contribution in [2.24, 2.45) is 0 Å². The van der Waals surface area contributed by atoms with E-state index in [0.717, 1.165) is 31.7 Å². The number of anilines is 1. The van der Waals surface area contributed by atoms with Gasteiger partial charge in [0.05, 0.1) is 11.7 Å². The van der Waals surface area contributed by atoms with E-state index in [1.807, 2.05) is 0 Å². The second kappa shape index (κ2) is 5.82. The second-order valence-corrected chi connectivity index (χ2v) is 4.91. The SMILES string of the molecule is COC1CCCC(Nc2ccccc2C(F)(F)F)C1. The van der Waals surface area contributed by atoms with E-state index < -0.39 is 11.7 Å². The molecule has 0 heterocycles. The first-order chi connectivity index (χ1) is 9.00. The molecule has 5 heteroatoms. The fraction of sp³-hybridized carbons (Fsp3) is 0.571. The van der Waals surface area contributed by atoms with Gasteiger partial charge >= 0.3 is 6.18 Å². The highest BCUT2D eigenvalue weighted by Crippen LogP contribution is 2.35. The van der Waals surface area contributed by atoms with Crippen LogP contribution in [0.25, 0.3) is 0 Å². The van der Waals surface area contributed by atoms with Gasteiger partial charge in [0.1, 0.15) is 0 Å². The molecular formula is C14H18F3NO. The summed E-state index contributed by atoms with van der Waals surface area (Å²) in [6, 6.07) is 5.67. The van der Waals surface area contributed by atoms with Crippen molar-refractivity contribution in [2.45, 2.75) is 44.0 Å². The first kappa shape index (κ1) is 14.2. The number of benzene rings is 1. The van der Waals surface area contributed by atoms with Crippen molar-refractivity contribution in [3.8, 4) is 0 Å². The normalized spacial score (nSPS) is 24.2. The number of rotatable bonds is 3. The van der Waals surface area contributed by atoms with Crippen molar-refractivity contribution in [1.82, 2.24) is 0 Å². The van der Waals surface area contributed by atoms with Crippen molar-refractivity contribution >= 4 is 5.69 Å². The van der Waals surface area contributed by atoms with E-state index in [4.69, 9.17) is 4.74 Å². The minimum atomic E-state index is -4.32. The van der Waals surface area contributed by atoms with Gasteiger partial charge in [0.15, 0.2) is 0 Å². The third-order valence-electron chi connectivity index (χ3n) is 3.55. The molecule has 1 aromatic carbocycles. The van der Waals surface area contributed by atoms with Crippen LogP contribution < -0.4 is 5.32 Å². The van der Waals surface area contributed by atoms with Gasteiger partial charge in [-0.25, -0.2) is 0 Å². The summed E-state index contributed by atoms with van der Waals surface area (Å²) in [7, 11) is 1.65. The summed E-state index contributed by atoms with van der Waals surface area (Å²) in [4.78, 5) is 0. The number of para-hydroxylation sites is 1. The van der Waals surface area contributed by atoms with Crippen LogP contribution in [0, 0.1) is 0 Å².